The summed E-state index contributed by atoms with van der Waals surface area (Å²) in [6, 6.07) is 13.8. The molecule has 2 amide bonds. The molecule has 0 saturated carbocycles. The van der Waals surface area contributed by atoms with E-state index in [4.69, 9.17) is 18.9 Å². The van der Waals surface area contributed by atoms with Crippen molar-refractivity contribution in [2.75, 3.05) is 70.0 Å². The Balaban J connectivity index is 1.40. The Morgan fingerprint density at radius 2 is 1.83 bits per heavy atom. The maximum atomic E-state index is 13.4. The summed E-state index contributed by atoms with van der Waals surface area (Å²) in [5.74, 6) is 6.14. The minimum absolute atomic E-state index is 0.0143. The molecule has 9 nitrogen and oxygen atoms in total. The van der Waals surface area contributed by atoms with Crippen LogP contribution in [0.15, 0.2) is 42.5 Å². The van der Waals surface area contributed by atoms with Crippen LogP contribution in [0.1, 0.15) is 17.5 Å². The van der Waals surface area contributed by atoms with Crippen molar-refractivity contribution in [3.8, 4) is 17.2 Å². The molecule has 0 spiro atoms. The largest absolute Gasteiger partial charge is 0.493 e. The highest BCUT2D eigenvalue weighted by molar-refractivity contribution is 8.03. The summed E-state index contributed by atoms with van der Waals surface area (Å²) < 4.78 is 23.6. The average molecular weight is 616 g/mol. The number of amides is 2. The van der Waals surface area contributed by atoms with Crippen LogP contribution >= 0.6 is 23.5 Å². The van der Waals surface area contributed by atoms with E-state index >= 15 is 0 Å². The number of carbonyl (C=O) groups excluding carboxylic acids is 2. The lowest BCUT2D eigenvalue weighted by Gasteiger charge is -2.26. The van der Waals surface area contributed by atoms with E-state index in [-0.39, 0.29) is 36.9 Å². The zero-order valence-corrected chi connectivity index (χ0v) is 26.1. The van der Waals surface area contributed by atoms with E-state index in [1.54, 1.807) is 19.1 Å². The Morgan fingerprint density at radius 1 is 1.00 bits per heavy atom. The number of likely N-dealkylation sites (tertiary alicyclic amines) is 1. The normalized spacial score (nSPS) is 23.2. The molecule has 3 aliphatic rings. The molecule has 1 N–H and O–H groups in total. The average Bonchev–Trinajstić information content (AvgIpc) is 3.19. The summed E-state index contributed by atoms with van der Waals surface area (Å²) in [7, 11) is 3.21. The summed E-state index contributed by atoms with van der Waals surface area (Å²) in [4.78, 5) is 30.7. The van der Waals surface area contributed by atoms with Crippen LogP contribution in [-0.4, -0.2) is 110 Å². The monoisotopic (exact) mass is 615 g/mol. The van der Waals surface area contributed by atoms with Gasteiger partial charge in [-0.1, -0.05) is 18.2 Å². The van der Waals surface area contributed by atoms with Crippen molar-refractivity contribution >= 4 is 35.3 Å². The van der Waals surface area contributed by atoms with E-state index in [1.165, 1.54) is 11.5 Å². The molecule has 11 heteroatoms. The predicted octanol–water partition coefficient (Wildman–Crippen LogP) is 3.44. The second kappa shape index (κ2) is 15.3. The summed E-state index contributed by atoms with van der Waals surface area (Å²) in [6.45, 7) is 2.57. The summed E-state index contributed by atoms with van der Waals surface area (Å²) in [5, 5.41) is 3.23. The molecule has 5 rings (SSSR count). The van der Waals surface area contributed by atoms with Crippen LogP contribution in [0.5, 0.6) is 17.2 Å². The van der Waals surface area contributed by atoms with Crippen molar-refractivity contribution in [1.29, 1.82) is 0 Å². The Labute approximate surface area is 256 Å². The molecule has 228 valence electrons. The van der Waals surface area contributed by atoms with Crippen LogP contribution in [0.3, 0.4) is 0 Å². The van der Waals surface area contributed by atoms with E-state index in [2.05, 4.69) is 10.2 Å². The zero-order chi connectivity index (χ0) is 29.3. The van der Waals surface area contributed by atoms with Crippen LogP contribution in [0.4, 0.5) is 0 Å². The number of hydrogen-bond donors (Lipinski definition) is 1. The van der Waals surface area contributed by atoms with Gasteiger partial charge in [0.15, 0.2) is 11.5 Å². The molecule has 42 heavy (non-hydrogen) atoms. The topological polar surface area (TPSA) is 89.6 Å². The van der Waals surface area contributed by atoms with Crippen molar-refractivity contribution in [3.05, 3.63) is 53.6 Å². The van der Waals surface area contributed by atoms with Crippen LogP contribution in [0, 0.1) is 0 Å². The van der Waals surface area contributed by atoms with Gasteiger partial charge in [-0.2, -0.15) is 23.5 Å². The summed E-state index contributed by atoms with van der Waals surface area (Å²) >= 11 is 4.00. The van der Waals surface area contributed by atoms with Gasteiger partial charge in [0.2, 0.25) is 11.8 Å². The Kier molecular flexibility index (Phi) is 11.3. The van der Waals surface area contributed by atoms with Crippen LogP contribution in [0.2, 0.25) is 0 Å². The molecule has 0 aliphatic carbocycles. The molecular formula is C31H41N3O6S2. The van der Waals surface area contributed by atoms with Gasteiger partial charge in [-0.3, -0.25) is 14.5 Å². The van der Waals surface area contributed by atoms with Crippen molar-refractivity contribution in [2.45, 2.75) is 37.6 Å². The van der Waals surface area contributed by atoms with Crippen LogP contribution < -0.4 is 14.8 Å². The Bertz CT molecular complexity index is 1210. The number of fused-ring (bicyclic) bond motifs is 5. The molecule has 0 radical (unpaired) electrons. The minimum Gasteiger partial charge on any atom is -0.493 e. The van der Waals surface area contributed by atoms with Crippen molar-refractivity contribution in [2.24, 2.45) is 0 Å². The highest BCUT2D eigenvalue weighted by Gasteiger charge is 2.38. The minimum atomic E-state index is -0.173. The van der Waals surface area contributed by atoms with Crippen molar-refractivity contribution < 1.29 is 28.5 Å². The summed E-state index contributed by atoms with van der Waals surface area (Å²) in [6.07, 6.45) is 0.600. The predicted molar refractivity (Wildman–Crippen MR) is 167 cm³/mol. The van der Waals surface area contributed by atoms with Gasteiger partial charge in [0.25, 0.3) is 0 Å². The number of ether oxygens (including phenoxy) is 4. The quantitative estimate of drug-likeness (QED) is 0.544. The molecule has 0 aromatic heterocycles. The van der Waals surface area contributed by atoms with E-state index in [1.807, 2.05) is 66.0 Å². The highest BCUT2D eigenvalue weighted by atomic mass is 32.2. The van der Waals surface area contributed by atoms with Gasteiger partial charge in [0, 0.05) is 62.2 Å². The molecular weight excluding hydrogens is 574 g/mol. The first-order valence-corrected chi connectivity index (χ1v) is 16.8. The first-order valence-electron chi connectivity index (χ1n) is 14.5. The number of rotatable bonds is 5. The lowest BCUT2D eigenvalue weighted by Crippen LogP contribution is -2.49. The SMILES string of the molecule is COCCN1CC(=O)N[C@H]2CN(C3CSCCSC3)C[C@@H]2OCc2cccc(c2)Oc2cc(ccc2OC)CCC1=O. The van der Waals surface area contributed by atoms with Gasteiger partial charge < -0.3 is 29.2 Å². The standard InChI is InChI=1S/C31H41N3O6S2/c1-37-11-10-33-18-30(35)32-26-16-34(24-20-41-12-13-42-21-24)17-29(26)39-19-23-4-3-5-25(14-23)40-28-15-22(7-9-31(33)36)6-8-27(28)38-2/h3-6,8,14-15,24,26,29H,7,9-13,16-21H2,1-2H3,(H,32,35)/t26-,29-/m0/s1. The van der Waals surface area contributed by atoms with Gasteiger partial charge in [-0.25, -0.2) is 0 Å². The number of nitrogens with zero attached hydrogens (tertiary/aromatic N) is 2. The van der Waals surface area contributed by atoms with Crippen molar-refractivity contribution in [3.63, 3.8) is 0 Å². The number of aryl methyl sites for hydroxylation is 1. The van der Waals surface area contributed by atoms with Crippen molar-refractivity contribution in [1.82, 2.24) is 15.1 Å². The number of carbonyl (C=O) groups is 2. The molecule has 2 atom stereocenters. The lowest BCUT2D eigenvalue weighted by atomic mass is 10.1. The summed E-state index contributed by atoms with van der Waals surface area (Å²) in [5.41, 5.74) is 1.93. The third-order valence-electron chi connectivity index (χ3n) is 7.85. The van der Waals surface area contributed by atoms with Crippen LogP contribution in [0.25, 0.3) is 0 Å². The molecule has 4 bridgehead atoms. The molecule has 2 aromatic carbocycles. The highest BCUT2D eigenvalue weighted by Crippen LogP contribution is 2.33. The number of benzene rings is 2. The molecule has 2 saturated heterocycles. The van der Waals surface area contributed by atoms with Gasteiger partial charge in [-0.15, -0.1) is 0 Å². The number of methoxy groups -OCH3 is 2. The van der Waals surface area contributed by atoms with Gasteiger partial charge in [-0.05, 0) is 41.8 Å². The third kappa shape index (κ3) is 8.35. The second-order valence-electron chi connectivity index (χ2n) is 10.8. The number of thioether (sulfide) groups is 2. The molecule has 3 heterocycles. The lowest BCUT2D eigenvalue weighted by molar-refractivity contribution is -0.137. The fourth-order valence-corrected chi connectivity index (χ4v) is 8.17. The first-order chi connectivity index (χ1) is 20.5. The second-order valence-corrected chi connectivity index (χ2v) is 13.1. The maximum absolute atomic E-state index is 13.4. The van der Waals surface area contributed by atoms with E-state index in [0.29, 0.717) is 49.5 Å². The molecule has 0 unspecified atom stereocenters. The smallest absolute Gasteiger partial charge is 0.239 e. The Hall–Kier alpha value is -2.44. The number of nitrogens with one attached hydrogen (secondary N) is 1. The Morgan fingerprint density at radius 3 is 2.62 bits per heavy atom. The maximum Gasteiger partial charge on any atom is 0.239 e. The molecule has 3 aliphatic heterocycles. The van der Waals surface area contributed by atoms with Gasteiger partial charge >= 0.3 is 0 Å². The molecule has 2 aromatic rings. The fraction of sp³-hybridized carbons (Fsp3) is 0.548. The fourth-order valence-electron chi connectivity index (χ4n) is 5.54. The third-order valence-corrected chi connectivity index (χ3v) is 10.3. The number of hydrogen-bond acceptors (Lipinski definition) is 9. The van der Waals surface area contributed by atoms with E-state index in [9.17, 15) is 9.59 Å². The molecule has 2 fully saturated rings. The van der Waals surface area contributed by atoms with Crippen LogP contribution in [-0.2, 0) is 32.1 Å². The zero-order valence-electron chi connectivity index (χ0n) is 24.4. The van der Waals surface area contributed by atoms with Gasteiger partial charge in [0.1, 0.15) is 5.75 Å². The first kappa shape index (κ1) is 31.0. The van der Waals surface area contributed by atoms with Gasteiger partial charge in [0.05, 0.1) is 39.0 Å². The van der Waals surface area contributed by atoms with E-state index < -0.39 is 0 Å². The van der Waals surface area contributed by atoms with E-state index in [0.717, 1.165) is 35.7 Å².